The number of aromatic nitrogens is 2. The van der Waals surface area contributed by atoms with E-state index in [4.69, 9.17) is 0 Å². The largest absolute Gasteiger partial charge is 0.331 e. The van der Waals surface area contributed by atoms with Gasteiger partial charge >= 0.3 is 0 Å². The van der Waals surface area contributed by atoms with Crippen LogP contribution in [0.15, 0.2) is 121 Å². The molecule has 2 heterocycles. The highest BCUT2D eigenvalue weighted by Gasteiger charge is 2.23. The molecule has 3 heteroatoms. The van der Waals surface area contributed by atoms with Gasteiger partial charge in [0.2, 0.25) is 5.69 Å². The number of hydrogen-bond acceptors (Lipinski definition) is 0. The highest BCUT2D eigenvalue weighted by molar-refractivity contribution is 6.08. The number of hydrogen-bond donors (Lipinski definition) is 0. The third-order valence-corrected chi connectivity index (χ3v) is 6.75. The van der Waals surface area contributed by atoms with Crippen LogP contribution in [0.5, 0.6) is 0 Å². The summed E-state index contributed by atoms with van der Waals surface area (Å²) in [6.45, 7) is 1.26. The van der Waals surface area contributed by atoms with Crippen molar-refractivity contribution in [3.8, 4) is 0 Å². The summed E-state index contributed by atoms with van der Waals surface area (Å²) in [6, 6.07) is 38.9. The maximum absolute atomic E-state index is 14.8. The summed E-state index contributed by atoms with van der Waals surface area (Å²) in [4.78, 5) is 0. The van der Waals surface area contributed by atoms with Gasteiger partial charge in [0.1, 0.15) is 11.3 Å². The van der Waals surface area contributed by atoms with E-state index < -0.39 is 0 Å². The first kappa shape index (κ1) is 21.3. The molecule has 6 rings (SSSR count). The molecule has 0 aliphatic heterocycles. The topological polar surface area (TPSA) is 8.81 Å². The number of benzene rings is 4. The van der Waals surface area contributed by atoms with Crippen LogP contribution in [0.3, 0.4) is 0 Å². The molecule has 0 unspecified atom stereocenters. The van der Waals surface area contributed by atoms with Crippen molar-refractivity contribution in [3.63, 3.8) is 0 Å². The molecule has 0 amide bonds. The average molecular weight is 458 g/mol. The van der Waals surface area contributed by atoms with Crippen LogP contribution in [0, 0.1) is 5.82 Å². The van der Waals surface area contributed by atoms with Crippen molar-refractivity contribution in [1.82, 2.24) is 4.57 Å². The van der Waals surface area contributed by atoms with Crippen LogP contribution < -0.4 is 4.57 Å². The second-order valence-electron chi connectivity index (χ2n) is 9.00. The molecule has 6 aromatic rings. The van der Waals surface area contributed by atoms with Gasteiger partial charge in [-0.2, -0.15) is 4.57 Å². The van der Waals surface area contributed by atoms with Gasteiger partial charge in [-0.3, -0.25) is 0 Å². The maximum Gasteiger partial charge on any atom is 0.210 e. The smallest absolute Gasteiger partial charge is 0.210 e. The number of fused-ring (bicyclic) bond motifs is 3. The predicted octanol–water partition coefficient (Wildman–Crippen LogP) is 6.91. The second kappa shape index (κ2) is 9.19. The summed E-state index contributed by atoms with van der Waals surface area (Å²) >= 11 is 0. The van der Waals surface area contributed by atoms with Crippen molar-refractivity contribution >= 4 is 21.8 Å². The van der Waals surface area contributed by atoms with Crippen molar-refractivity contribution in [2.45, 2.75) is 19.5 Å². The van der Waals surface area contributed by atoms with Gasteiger partial charge in [0, 0.05) is 33.5 Å². The van der Waals surface area contributed by atoms with Crippen molar-refractivity contribution in [1.29, 1.82) is 0 Å². The van der Waals surface area contributed by atoms with Crippen LogP contribution in [-0.4, -0.2) is 4.57 Å². The van der Waals surface area contributed by atoms with E-state index in [0.717, 1.165) is 24.0 Å². The molecular formula is C32H26FN2+. The minimum absolute atomic E-state index is 0.170. The fraction of sp³-hybridized carbons (Fsp3) is 0.0938. The van der Waals surface area contributed by atoms with Gasteiger partial charge in [-0.25, -0.2) is 4.39 Å². The van der Waals surface area contributed by atoms with Crippen LogP contribution in [0.25, 0.3) is 21.8 Å². The molecule has 2 nitrogen and oxygen atoms in total. The highest BCUT2D eigenvalue weighted by atomic mass is 19.1. The Morgan fingerprint density at radius 2 is 1.29 bits per heavy atom. The zero-order valence-corrected chi connectivity index (χ0v) is 19.4. The summed E-state index contributed by atoms with van der Waals surface area (Å²) in [7, 11) is 0. The molecule has 2 aromatic heterocycles. The minimum atomic E-state index is -0.170. The first-order valence-electron chi connectivity index (χ1n) is 12.0. The number of halogens is 1. The molecule has 0 saturated carbocycles. The summed E-state index contributed by atoms with van der Waals surface area (Å²) < 4.78 is 19.4. The molecule has 0 aliphatic carbocycles. The van der Waals surface area contributed by atoms with Gasteiger partial charge in [-0.15, -0.1) is 0 Å². The summed E-state index contributed by atoms with van der Waals surface area (Å²) in [5.74, 6) is -0.170. The molecule has 4 aromatic carbocycles. The van der Waals surface area contributed by atoms with Gasteiger partial charge in [-0.05, 0) is 17.7 Å². The standard InChI is InChI=1S/C32H26FN2/c33-29-17-9-7-15-26(29)23-35-30-18-10-8-16-27(30)28-19-20-34(22-25-13-5-2-6-14-25)31(32(28)35)21-24-11-3-1-4-12-24/h1-20H,21-23H2/q+1. The molecule has 0 bridgehead atoms. The molecule has 0 aliphatic rings. The maximum atomic E-state index is 14.8. The van der Waals surface area contributed by atoms with Crippen LogP contribution >= 0.6 is 0 Å². The molecule has 0 saturated heterocycles. The van der Waals surface area contributed by atoms with Gasteiger partial charge in [0.15, 0.2) is 12.7 Å². The molecule has 0 spiro atoms. The summed E-state index contributed by atoms with van der Waals surface area (Å²) in [6.07, 6.45) is 2.99. The molecule has 0 fully saturated rings. The fourth-order valence-electron chi connectivity index (χ4n) is 5.06. The minimum Gasteiger partial charge on any atom is -0.331 e. The SMILES string of the molecule is Fc1ccccc1Cn1c2ccccc2c2cc[n+](Cc3ccccc3)c(Cc3ccccc3)c21. The number of para-hydroxylation sites is 1. The molecule has 0 N–H and O–H groups in total. The van der Waals surface area contributed by atoms with E-state index in [0.29, 0.717) is 12.1 Å². The normalized spacial score (nSPS) is 11.3. The Morgan fingerprint density at radius 3 is 2.06 bits per heavy atom. The Bertz CT molecular complexity index is 1620. The molecule has 0 radical (unpaired) electrons. The van der Waals surface area contributed by atoms with E-state index in [1.54, 1.807) is 12.1 Å². The number of nitrogens with zero attached hydrogens (tertiary/aromatic N) is 2. The average Bonchev–Trinajstić information content (AvgIpc) is 3.22. The molecule has 170 valence electrons. The van der Waals surface area contributed by atoms with E-state index in [9.17, 15) is 4.39 Å². The Hall–Kier alpha value is -4.24. The first-order chi connectivity index (χ1) is 17.3. The van der Waals surface area contributed by atoms with E-state index in [1.165, 1.54) is 27.6 Å². The molecule has 35 heavy (non-hydrogen) atoms. The zero-order valence-electron chi connectivity index (χ0n) is 19.4. The first-order valence-corrected chi connectivity index (χ1v) is 12.0. The highest BCUT2D eigenvalue weighted by Crippen LogP contribution is 2.32. The third kappa shape index (κ3) is 4.10. The number of pyridine rings is 1. The predicted molar refractivity (Wildman–Crippen MR) is 140 cm³/mol. The fourth-order valence-corrected chi connectivity index (χ4v) is 5.06. The Kier molecular flexibility index (Phi) is 5.59. The van der Waals surface area contributed by atoms with Crippen LogP contribution in [0.2, 0.25) is 0 Å². The lowest BCUT2D eigenvalue weighted by Crippen LogP contribution is -2.39. The van der Waals surface area contributed by atoms with Gasteiger partial charge < -0.3 is 4.57 Å². The number of rotatable bonds is 6. The van der Waals surface area contributed by atoms with Crippen LogP contribution in [-0.2, 0) is 19.5 Å². The Labute approximate surface area is 204 Å². The van der Waals surface area contributed by atoms with Crippen LogP contribution in [0.4, 0.5) is 4.39 Å². The summed E-state index contributed by atoms with van der Waals surface area (Å²) in [5.41, 5.74) is 6.71. The third-order valence-electron chi connectivity index (χ3n) is 6.75. The van der Waals surface area contributed by atoms with Crippen molar-refractivity contribution < 1.29 is 8.96 Å². The second-order valence-corrected chi connectivity index (χ2v) is 9.00. The lowest BCUT2D eigenvalue weighted by Gasteiger charge is -2.12. The summed E-state index contributed by atoms with van der Waals surface area (Å²) in [5, 5.41) is 2.40. The van der Waals surface area contributed by atoms with E-state index in [1.807, 2.05) is 12.1 Å². The van der Waals surface area contributed by atoms with Crippen molar-refractivity contribution in [2.75, 3.05) is 0 Å². The Balaban J connectivity index is 1.62. The van der Waals surface area contributed by atoms with E-state index >= 15 is 0 Å². The Morgan fingerprint density at radius 1 is 0.629 bits per heavy atom. The molecule has 0 atom stereocenters. The lowest BCUT2D eigenvalue weighted by molar-refractivity contribution is -0.694. The van der Waals surface area contributed by atoms with Gasteiger partial charge in [0.25, 0.3) is 0 Å². The molecular weight excluding hydrogens is 431 g/mol. The van der Waals surface area contributed by atoms with Crippen molar-refractivity contribution in [2.24, 2.45) is 0 Å². The monoisotopic (exact) mass is 457 g/mol. The van der Waals surface area contributed by atoms with Crippen LogP contribution in [0.1, 0.15) is 22.4 Å². The van der Waals surface area contributed by atoms with E-state index in [-0.39, 0.29) is 5.82 Å². The van der Waals surface area contributed by atoms with Gasteiger partial charge in [-0.1, -0.05) is 97.1 Å². The van der Waals surface area contributed by atoms with E-state index in [2.05, 4.69) is 106 Å². The quantitative estimate of drug-likeness (QED) is 0.240. The van der Waals surface area contributed by atoms with Crippen molar-refractivity contribution in [3.05, 3.63) is 150 Å². The van der Waals surface area contributed by atoms with Gasteiger partial charge in [0.05, 0.1) is 13.0 Å². The lowest BCUT2D eigenvalue weighted by atomic mass is 10.1. The zero-order chi connectivity index (χ0) is 23.6.